The Morgan fingerprint density at radius 3 is 2.77 bits per heavy atom. The molecule has 1 atom stereocenters. The Kier molecular flexibility index (Phi) is 5.92. The number of hydrogen-bond acceptors (Lipinski definition) is 7. The van der Waals surface area contributed by atoms with Crippen molar-refractivity contribution >= 4 is 28.8 Å². The molecular formula is C22H23ClN6O. The molecule has 30 heavy (non-hydrogen) atoms. The summed E-state index contributed by atoms with van der Waals surface area (Å²) in [6, 6.07) is 8.98. The molecule has 1 aliphatic heterocycles. The summed E-state index contributed by atoms with van der Waals surface area (Å²) >= 11 is 5.91. The SMILES string of the molecule is Nc1ccc(-c2ccc(Cl)cn2)nc1C(=O)Cc1cnccc1N1CCC[C@H](N)C1. The van der Waals surface area contributed by atoms with E-state index in [9.17, 15) is 4.79 Å². The maximum atomic E-state index is 13.1. The zero-order valence-electron chi connectivity index (χ0n) is 16.5. The van der Waals surface area contributed by atoms with Crippen LogP contribution in [0.25, 0.3) is 11.4 Å². The van der Waals surface area contributed by atoms with Crippen LogP contribution in [-0.4, -0.2) is 39.9 Å². The highest BCUT2D eigenvalue weighted by Crippen LogP contribution is 2.26. The summed E-state index contributed by atoms with van der Waals surface area (Å²) in [6.45, 7) is 1.68. The zero-order valence-corrected chi connectivity index (χ0v) is 17.2. The summed E-state index contributed by atoms with van der Waals surface area (Å²) in [6.07, 6.45) is 7.21. The molecule has 3 aromatic rings. The maximum absolute atomic E-state index is 13.1. The molecule has 0 aliphatic carbocycles. The minimum absolute atomic E-state index is 0.135. The Hall–Kier alpha value is -3.03. The number of aromatic nitrogens is 3. The second-order valence-electron chi connectivity index (χ2n) is 7.45. The predicted octanol–water partition coefficient (Wildman–Crippen LogP) is 3.13. The number of rotatable bonds is 5. The second kappa shape index (κ2) is 8.77. The summed E-state index contributed by atoms with van der Waals surface area (Å²) in [5, 5.41) is 0.534. The number of carbonyl (C=O) groups is 1. The largest absolute Gasteiger partial charge is 0.397 e. The Balaban J connectivity index is 1.60. The van der Waals surface area contributed by atoms with Gasteiger partial charge in [-0.15, -0.1) is 0 Å². The Morgan fingerprint density at radius 2 is 2.00 bits per heavy atom. The quantitative estimate of drug-likeness (QED) is 0.607. The first-order valence-corrected chi connectivity index (χ1v) is 10.2. The molecule has 8 heteroatoms. The van der Waals surface area contributed by atoms with Gasteiger partial charge in [0.2, 0.25) is 0 Å². The molecule has 0 amide bonds. The molecular weight excluding hydrogens is 400 g/mol. The van der Waals surface area contributed by atoms with Crippen molar-refractivity contribution in [3.05, 3.63) is 65.2 Å². The molecule has 4 heterocycles. The molecule has 0 unspecified atom stereocenters. The monoisotopic (exact) mass is 422 g/mol. The molecule has 0 bridgehead atoms. The van der Waals surface area contributed by atoms with Crippen LogP contribution >= 0.6 is 11.6 Å². The zero-order chi connectivity index (χ0) is 21.1. The van der Waals surface area contributed by atoms with Gasteiger partial charge in [-0.1, -0.05) is 11.6 Å². The molecule has 0 aromatic carbocycles. The summed E-state index contributed by atoms with van der Waals surface area (Å²) in [7, 11) is 0. The number of hydrogen-bond donors (Lipinski definition) is 2. The van der Waals surface area contributed by atoms with Gasteiger partial charge in [0, 0.05) is 55.4 Å². The summed E-state index contributed by atoms with van der Waals surface area (Å²) < 4.78 is 0. The molecule has 154 valence electrons. The topological polar surface area (TPSA) is 111 Å². The van der Waals surface area contributed by atoms with E-state index in [2.05, 4.69) is 19.9 Å². The Morgan fingerprint density at radius 1 is 1.17 bits per heavy atom. The third kappa shape index (κ3) is 4.42. The van der Waals surface area contributed by atoms with E-state index in [1.54, 1.807) is 42.9 Å². The van der Waals surface area contributed by atoms with Gasteiger partial charge in [-0.05, 0) is 43.2 Å². The highest BCUT2D eigenvalue weighted by molar-refractivity contribution is 6.30. The Labute approximate surface area is 180 Å². The highest BCUT2D eigenvalue weighted by atomic mass is 35.5. The predicted molar refractivity (Wildman–Crippen MR) is 119 cm³/mol. The average Bonchev–Trinajstić information content (AvgIpc) is 2.75. The van der Waals surface area contributed by atoms with Crippen molar-refractivity contribution in [2.45, 2.75) is 25.3 Å². The van der Waals surface area contributed by atoms with Crippen molar-refractivity contribution in [1.82, 2.24) is 15.0 Å². The number of nitrogen functional groups attached to an aromatic ring is 1. The van der Waals surface area contributed by atoms with Crippen molar-refractivity contribution < 1.29 is 4.79 Å². The van der Waals surface area contributed by atoms with Crippen molar-refractivity contribution in [3.8, 4) is 11.4 Å². The van der Waals surface area contributed by atoms with Crippen LogP contribution in [0.4, 0.5) is 11.4 Å². The van der Waals surface area contributed by atoms with Crippen molar-refractivity contribution in [2.75, 3.05) is 23.7 Å². The number of ketones is 1. The first kappa shape index (κ1) is 20.3. The van der Waals surface area contributed by atoms with Crippen LogP contribution in [-0.2, 0) is 6.42 Å². The van der Waals surface area contributed by atoms with Gasteiger partial charge in [-0.3, -0.25) is 14.8 Å². The van der Waals surface area contributed by atoms with E-state index in [0.717, 1.165) is 37.2 Å². The van der Waals surface area contributed by atoms with Crippen molar-refractivity contribution in [3.63, 3.8) is 0 Å². The standard InChI is InChI=1S/C22H23ClN6O/c23-15-3-5-18(27-12-15)19-6-4-17(25)22(28-19)21(30)10-14-11-26-8-7-20(14)29-9-1-2-16(24)13-29/h3-8,11-12,16H,1-2,9-10,13,24-25H2/t16-/m0/s1. The number of Topliss-reactive ketones (excluding diaryl/α,β-unsaturated/α-hetero) is 1. The van der Waals surface area contributed by atoms with Crippen LogP contribution < -0.4 is 16.4 Å². The number of piperidine rings is 1. The van der Waals surface area contributed by atoms with Gasteiger partial charge in [0.1, 0.15) is 5.69 Å². The van der Waals surface area contributed by atoms with Gasteiger partial charge < -0.3 is 16.4 Å². The average molecular weight is 423 g/mol. The van der Waals surface area contributed by atoms with E-state index in [1.165, 1.54) is 0 Å². The second-order valence-corrected chi connectivity index (χ2v) is 7.89. The number of halogens is 1. The van der Waals surface area contributed by atoms with Gasteiger partial charge in [0.05, 0.1) is 22.1 Å². The maximum Gasteiger partial charge on any atom is 0.187 e. The number of carbonyl (C=O) groups excluding carboxylic acids is 1. The molecule has 7 nitrogen and oxygen atoms in total. The molecule has 0 radical (unpaired) electrons. The third-order valence-corrected chi connectivity index (χ3v) is 5.43. The minimum Gasteiger partial charge on any atom is -0.397 e. The van der Waals surface area contributed by atoms with E-state index >= 15 is 0 Å². The fourth-order valence-electron chi connectivity index (χ4n) is 3.71. The van der Waals surface area contributed by atoms with Gasteiger partial charge >= 0.3 is 0 Å². The third-order valence-electron chi connectivity index (χ3n) is 5.21. The van der Waals surface area contributed by atoms with Crippen LogP contribution in [0.1, 0.15) is 28.9 Å². The van der Waals surface area contributed by atoms with E-state index in [-0.39, 0.29) is 23.9 Å². The van der Waals surface area contributed by atoms with E-state index in [0.29, 0.717) is 22.1 Å². The molecule has 1 aliphatic rings. The highest BCUT2D eigenvalue weighted by Gasteiger charge is 2.22. The van der Waals surface area contributed by atoms with E-state index in [4.69, 9.17) is 23.1 Å². The number of anilines is 2. The van der Waals surface area contributed by atoms with Crippen LogP contribution in [0.2, 0.25) is 5.02 Å². The van der Waals surface area contributed by atoms with E-state index in [1.807, 2.05) is 6.07 Å². The van der Waals surface area contributed by atoms with Crippen LogP contribution in [0.5, 0.6) is 0 Å². The molecule has 4 N–H and O–H groups in total. The first-order chi connectivity index (χ1) is 14.5. The van der Waals surface area contributed by atoms with Gasteiger partial charge in [-0.2, -0.15) is 0 Å². The fraction of sp³-hybridized carbons (Fsp3) is 0.273. The summed E-state index contributed by atoms with van der Waals surface area (Å²) in [5.41, 5.74) is 15.8. The molecule has 1 saturated heterocycles. The lowest BCUT2D eigenvalue weighted by molar-refractivity contribution is 0.0989. The minimum atomic E-state index is -0.168. The molecule has 1 fully saturated rings. The smallest absolute Gasteiger partial charge is 0.187 e. The molecule has 3 aromatic heterocycles. The fourth-order valence-corrected chi connectivity index (χ4v) is 3.83. The first-order valence-electron chi connectivity index (χ1n) is 9.86. The normalized spacial score (nSPS) is 16.5. The number of nitrogens with two attached hydrogens (primary N) is 2. The van der Waals surface area contributed by atoms with Crippen LogP contribution in [0.15, 0.2) is 48.9 Å². The molecule has 0 saturated carbocycles. The summed E-state index contributed by atoms with van der Waals surface area (Å²) in [5.74, 6) is -0.168. The van der Waals surface area contributed by atoms with Crippen LogP contribution in [0, 0.1) is 0 Å². The van der Waals surface area contributed by atoms with Crippen molar-refractivity contribution in [2.24, 2.45) is 5.73 Å². The lowest BCUT2D eigenvalue weighted by Gasteiger charge is -2.33. The van der Waals surface area contributed by atoms with E-state index < -0.39 is 0 Å². The summed E-state index contributed by atoms with van der Waals surface area (Å²) in [4.78, 5) is 28.3. The lowest BCUT2D eigenvalue weighted by Crippen LogP contribution is -2.43. The number of nitrogens with zero attached hydrogens (tertiary/aromatic N) is 4. The molecule has 4 rings (SSSR count). The van der Waals surface area contributed by atoms with Gasteiger partial charge in [0.15, 0.2) is 5.78 Å². The van der Waals surface area contributed by atoms with Gasteiger partial charge in [0.25, 0.3) is 0 Å². The Bertz CT molecular complexity index is 1060. The number of pyridine rings is 3. The van der Waals surface area contributed by atoms with Gasteiger partial charge in [-0.25, -0.2) is 4.98 Å². The van der Waals surface area contributed by atoms with Crippen molar-refractivity contribution in [1.29, 1.82) is 0 Å². The lowest BCUT2D eigenvalue weighted by atomic mass is 10.0. The molecule has 0 spiro atoms. The van der Waals surface area contributed by atoms with Crippen LogP contribution in [0.3, 0.4) is 0 Å².